The second-order valence-corrected chi connectivity index (χ2v) is 6.23. The van der Waals surface area contributed by atoms with E-state index in [1.54, 1.807) is 13.8 Å². The van der Waals surface area contributed by atoms with E-state index in [-0.39, 0.29) is 30.4 Å². The first-order valence-corrected chi connectivity index (χ1v) is 7.63. The van der Waals surface area contributed by atoms with Crippen LogP contribution in [0.15, 0.2) is 0 Å². The van der Waals surface area contributed by atoms with E-state index in [9.17, 15) is 18.0 Å². The number of amides is 2. The molecule has 2 amide bonds. The molecule has 1 aliphatic rings. The highest BCUT2D eigenvalue weighted by atomic mass is 32.2. The van der Waals surface area contributed by atoms with E-state index in [0.29, 0.717) is 0 Å². The summed E-state index contributed by atoms with van der Waals surface area (Å²) in [6.45, 7) is 3.53. The van der Waals surface area contributed by atoms with Gasteiger partial charge in [0.05, 0.1) is 30.2 Å². The van der Waals surface area contributed by atoms with E-state index in [2.05, 4.69) is 10.6 Å². The fraction of sp³-hybridized carbons (Fsp3) is 0.800. The van der Waals surface area contributed by atoms with Crippen molar-refractivity contribution in [2.75, 3.05) is 18.1 Å². The molecule has 7 nitrogen and oxygen atoms in total. The van der Waals surface area contributed by atoms with Gasteiger partial charge in [0.2, 0.25) is 5.91 Å². The minimum atomic E-state index is -3.24. The lowest BCUT2D eigenvalue weighted by Crippen LogP contribution is -2.50. The Balaban J connectivity index is 2.67. The normalized spacial score (nSPS) is 25.4. The zero-order chi connectivity index (χ0) is 13.8. The van der Waals surface area contributed by atoms with E-state index in [1.807, 2.05) is 0 Å². The van der Waals surface area contributed by atoms with Gasteiger partial charge in [0.1, 0.15) is 0 Å². The van der Waals surface area contributed by atoms with Crippen LogP contribution in [-0.4, -0.2) is 50.6 Å². The smallest absolute Gasteiger partial charge is 0.407 e. The summed E-state index contributed by atoms with van der Waals surface area (Å²) in [5.74, 6) is -0.580. The van der Waals surface area contributed by atoms with Crippen molar-refractivity contribution in [3.05, 3.63) is 0 Å². The van der Waals surface area contributed by atoms with Crippen molar-refractivity contribution in [2.45, 2.75) is 32.4 Å². The summed E-state index contributed by atoms with van der Waals surface area (Å²) in [5.41, 5.74) is 0. The zero-order valence-corrected chi connectivity index (χ0v) is 11.2. The standard InChI is InChI=1S/C10H18N2O5S/c1-3-9(13)11-7-5-18(15,16)6-8(7)12-10(14)17-4-2/h7-8H,3-6H2,1-2H3,(H,11,13)(H,12,14)/t7-,8-/m0/s1. The Hall–Kier alpha value is -1.31. The summed E-state index contributed by atoms with van der Waals surface area (Å²) in [6.07, 6.45) is -0.404. The molecule has 0 bridgehead atoms. The van der Waals surface area contributed by atoms with Crippen molar-refractivity contribution in [1.29, 1.82) is 0 Å². The van der Waals surface area contributed by atoms with Gasteiger partial charge < -0.3 is 15.4 Å². The first-order chi connectivity index (χ1) is 8.38. The maximum atomic E-state index is 11.5. The number of carbonyl (C=O) groups is 2. The highest BCUT2D eigenvalue weighted by Crippen LogP contribution is 2.13. The van der Waals surface area contributed by atoms with Gasteiger partial charge in [-0.05, 0) is 6.92 Å². The zero-order valence-electron chi connectivity index (χ0n) is 10.4. The Morgan fingerprint density at radius 1 is 1.17 bits per heavy atom. The summed E-state index contributed by atoms with van der Waals surface area (Å²) < 4.78 is 27.7. The van der Waals surface area contributed by atoms with Crippen molar-refractivity contribution in [2.24, 2.45) is 0 Å². The topological polar surface area (TPSA) is 102 Å². The molecule has 0 aromatic heterocycles. The van der Waals surface area contributed by atoms with E-state index in [0.717, 1.165) is 0 Å². The summed E-state index contributed by atoms with van der Waals surface area (Å²) >= 11 is 0. The molecule has 0 aliphatic carbocycles. The van der Waals surface area contributed by atoms with Gasteiger partial charge in [-0.15, -0.1) is 0 Å². The molecule has 1 heterocycles. The molecule has 8 heteroatoms. The Morgan fingerprint density at radius 2 is 1.72 bits per heavy atom. The summed E-state index contributed by atoms with van der Waals surface area (Å²) in [4.78, 5) is 22.6. The van der Waals surface area contributed by atoms with Crippen LogP contribution in [0.1, 0.15) is 20.3 Å². The van der Waals surface area contributed by atoms with Crippen molar-refractivity contribution in [3.63, 3.8) is 0 Å². The number of carbonyl (C=O) groups excluding carboxylic acids is 2. The van der Waals surface area contributed by atoms with E-state index in [1.165, 1.54) is 0 Å². The third kappa shape index (κ3) is 4.17. The van der Waals surface area contributed by atoms with Crippen LogP contribution in [0.3, 0.4) is 0 Å². The second-order valence-electron chi connectivity index (χ2n) is 4.08. The van der Waals surface area contributed by atoms with Gasteiger partial charge >= 0.3 is 6.09 Å². The molecule has 0 aromatic rings. The summed E-state index contributed by atoms with van der Waals surface area (Å²) in [6, 6.07) is -1.23. The van der Waals surface area contributed by atoms with Crippen LogP contribution in [0.2, 0.25) is 0 Å². The predicted octanol–water partition coefficient (Wildman–Crippen LogP) is -0.576. The number of sulfone groups is 1. The molecule has 2 N–H and O–H groups in total. The maximum absolute atomic E-state index is 11.5. The second kappa shape index (κ2) is 6.03. The SMILES string of the molecule is CCOC(=O)N[C@H]1CS(=O)(=O)C[C@@H]1NC(=O)CC. The molecular formula is C10H18N2O5S. The Bertz CT molecular complexity index is 420. The Labute approximate surface area is 106 Å². The van der Waals surface area contributed by atoms with Crippen molar-refractivity contribution in [3.8, 4) is 0 Å². The van der Waals surface area contributed by atoms with Crippen LogP contribution in [-0.2, 0) is 19.4 Å². The van der Waals surface area contributed by atoms with Gasteiger partial charge in [0.25, 0.3) is 0 Å². The number of rotatable bonds is 4. The fourth-order valence-corrected chi connectivity index (χ4v) is 3.63. The third-order valence-electron chi connectivity index (χ3n) is 2.60. The van der Waals surface area contributed by atoms with Crippen LogP contribution in [0.25, 0.3) is 0 Å². The van der Waals surface area contributed by atoms with Crippen molar-refractivity contribution in [1.82, 2.24) is 10.6 Å². The van der Waals surface area contributed by atoms with Gasteiger partial charge in [-0.1, -0.05) is 6.92 Å². The average Bonchev–Trinajstić information content (AvgIpc) is 2.53. The average molecular weight is 278 g/mol. The minimum absolute atomic E-state index is 0.157. The van der Waals surface area contributed by atoms with Crippen LogP contribution in [0.4, 0.5) is 4.79 Å². The number of ether oxygens (including phenoxy) is 1. The molecule has 1 fully saturated rings. The first-order valence-electron chi connectivity index (χ1n) is 5.81. The van der Waals surface area contributed by atoms with Crippen molar-refractivity contribution < 1.29 is 22.7 Å². The van der Waals surface area contributed by atoms with Gasteiger partial charge in [-0.2, -0.15) is 0 Å². The van der Waals surface area contributed by atoms with Gasteiger partial charge in [0.15, 0.2) is 9.84 Å². The summed E-state index contributed by atoms with van der Waals surface area (Å²) in [7, 11) is -3.24. The lowest BCUT2D eigenvalue weighted by molar-refractivity contribution is -0.121. The maximum Gasteiger partial charge on any atom is 0.407 e. The molecule has 1 rings (SSSR count). The van der Waals surface area contributed by atoms with Crippen LogP contribution < -0.4 is 10.6 Å². The number of hydrogen-bond donors (Lipinski definition) is 2. The first kappa shape index (κ1) is 14.7. The number of nitrogens with one attached hydrogen (secondary N) is 2. The van der Waals surface area contributed by atoms with Gasteiger partial charge in [-0.3, -0.25) is 4.79 Å². The highest BCUT2D eigenvalue weighted by Gasteiger charge is 2.39. The van der Waals surface area contributed by atoms with Crippen molar-refractivity contribution >= 4 is 21.8 Å². The number of hydrogen-bond acceptors (Lipinski definition) is 5. The van der Waals surface area contributed by atoms with Gasteiger partial charge in [0, 0.05) is 6.42 Å². The van der Waals surface area contributed by atoms with Crippen LogP contribution >= 0.6 is 0 Å². The third-order valence-corrected chi connectivity index (χ3v) is 4.33. The molecule has 0 saturated carbocycles. The molecule has 1 saturated heterocycles. The molecule has 1 aliphatic heterocycles. The molecule has 0 radical (unpaired) electrons. The monoisotopic (exact) mass is 278 g/mol. The minimum Gasteiger partial charge on any atom is -0.450 e. The summed E-state index contributed by atoms with van der Waals surface area (Å²) in [5, 5.41) is 5.05. The molecule has 0 spiro atoms. The molecular weight excluding hydrogens is 260 g/mol. The van der Waals surface area contributed by atoms with Crippen LogP contribution in [0.5, 0.6) is 0 Å². The molecule has 0 unspecified atom stereocenters. The molecule has 2 atom stereocenters. The lowest BCUT2D eigenvalue weighted by atomic mass is 10.1. The van der Waals surface area contributed by atoms with Crippen LogP contribution in [0, 0.1) is 0 Å². The molecule has 18 heavy (non-hydrogen) atoms. The Morgan fingerprint density at radius 3 is 2.22 bits per heavy atom. The van der Waals surface area contributed by atoms with E-state index in [4.69, 9.17) is 4.74 Å². The quantitative estimate of drug-likeness (QED) is 0.716. The van der Waals surface area contributed by atoms with E-state index < -0.39 is 28.0 Å². The lowest BCUT2D eigenvalue weighted by Gasteiger charge is -2.20. The largest absolute Gasteiger partial charge is 0.450 e. The molecule has 104 valence electrons. The molecule has 0 aromatic carbocycles. The predicted molar refractivity (Wildman–Crippen MR) is 64.8 cm³/mol. The Kier molecular flexibility index (Phi) is 4.94. The fourth-order valence-electron chi connectivity index (χ4n) is 1.76. The van der Waals surface area contributed by atoms with E-state index >= 15 is 0 Å². The number of alkyl carbamates (subject to hydrolysis) is 1. The van der Waals surface area contributed by atoms with Gasteiger partial charge in [-0.25, -0.2) is 13.2 Å². The highest BCUT2D eigenvalue weighted by molar-refractivity contribution is 7.91.